The summed E-state index contributed by atoms with van der Waals surface area (Å²) in [5, 5.41) is 2.82. The van der Waals surface area contributed by atoms with Gasteiger partial charge in [-0.3, -0.25) is 4.79 Å². The highest BCUT2D eigenvalue weighted by molar-refractivity contribution is 5.91. The number of carbonyl (C=O) groups is 1. The van der Waals surface area contributed by atoms with Crippen molar-refractivity contribution < 1.29 is 9.21 Å². The molecule has 4 nitrogen and oxygen atoms in total. The maximum absolute atomic E-state index is 11.9. The molecule has 1 atom stereocenters. The molecule has 0 aliphatic rings. The van der Waals surface area contributed by atoms with Gasteiger partial charge in [-0.1, -0.05) is 29.8 Å². The number of benzene rings is 1. The fourth-order valence-corrected chi connectivity index (χ4v) is 1.81. The maximum Gasteiger partial charge on any atom is 0.287 e. The van der Waals surface area contributed by atoms with E-state index in [9.17, 15) is 4.79 Å². The minimum atomic E-state index is -0.228. The molecule has 0 aliphatic heterocycles. The van der Waals surface area contributed by atoms with Crippen molar-refractivity contribution in [2.24, 2.45) is 5.73 Å². The van der Waals surface area contributed by atoms with Crippen LogP contribution in [0.3, 0.4) is 0 Å². The fourth-order valence-electron chi connectivity index (χ4n) is 1.81. The zero-order valence-electron chi connectivity index (χ0n) is 11.1. The number of amides is 1. The highest BCUT2D eigenvalue weighted by Gasteiger charge is 2.12. The van der Waals surface area contributed by atoms with Crippen molar-refractivity contribution in [2.45, 2.75) is 26.4 Å². The second-order valence-corrected chi connectivity index (χ2v) is 4.66. The molecule has 0 fully saturated rings. The molecule has 1 unspecified atom stereocenters. The van der Waals surface area contributed by atoms with Crippen LogP contribution in [-0.2, 0) is 6.54 Å². The average molecular weight is 258 g/mol. The summed E-state index contributed by atoms with van der Waals surface area (Å²) < 4.78 is 5.38. The molecule has 0 bridgehead atoms. The van der Waals surface area contributed by atoms with E-state index in [0.29, 0.717) is 18.1 Å². The second-order valence-electron chi connectivity index (χ2n) is 4.66. The molecule has 0 spiro atoms. The Morgan fingerprint density at radius 3 is 2.79 bits per heavy atom. The predicted molar refractivity (Wildman–Crippen MR) is 73.7 cm³/mol. The first-order valence-corrected chi connectivity index (χ1v) is 6.25. The third-order valence-corrected chi connectivity index (χ3v) is 2.83. The topological polar surface area (TPSA) is 68.3 Å². The Labute approximate surface area is 112 Å². The molecule has 1 aromatic carbocycles. The van der Waals surface area contributed by atoms with E-state index in [2.05, 4.69) is 5.32 Å². The van der Waals surface area contributed by atoms with Gasteiger partial charge < -0.3 is 15.5 Å². The van der Waals surface area contributed by atoms with Gasteiger partial charge in [0.2, 0.25) is 0 Å². The Hall–Kier alpha value is -2.07. The second kappa shape index (κ2) is 5.71. The highest BCUT2D eigenvalue weighted by atomic mass is 16.4. The van der Waals surface area contributed by atoms with E-state index in [1.54, 1.807) is 12.1 Å². The van der Waals surface area contributed by atoms with Crippen molar-refractivity contribution in [1.82, 2.24) is 5.32 Å². The van der Waals surface area contributed by atoms with Gasteiger partial charge in [0, 0.05) is 6.54 Å². The SMILES string of the molecule is Cc1cccc(CNC(=O)c2ccc(C(C)N)o2)c1. The summed E-state index contributed by atoms with van der Waals surface area (Å²) in [7, 11) is 0. The Morgan fingerprint density at radius 1 is 1.37 bits per heavy atom. The first-order chi connectivity index (χ1) is 9.06. The van der Waals surface area contributed by atoms with E-state index >= 15 is 0 Å². The van der Waals surface area contributed by atoms with Gasteiger partial charge in [0.15, 0.2) is 5.76 Å². The molecule has 19 heavy (non-hydrogen) atoms. The summed E-state index contributed by atoms with van der Waals surface area (Å²) in [6, 6.07) is 11.2. The fraction of sp³-hybridized carbons (Fsp3) is 0.267. The lowest BCUT2D eigenvalue weighted by Gasteiger charge is -2.04. The van der Waals surface area contributed by atoms with Crippen LogP contribution in [0.15, 0.2) is 40.8 Å². The van der Waals surface area contributed by atoms with Crippen LogP contribution in [-0.4, -0.2) is 5.91 Å². The van der Waals surface area contributed by atoms with Crippen LogP contribution in [0.5, 0.6) is 0 Å². The number of hydrogen-bond donors (Lipinski definition) is 2. The Kier molecular flexibility index (Phi) is 4.02. The summed E-state index contributed by atoms with van der Waals surface area (Å²) in [6.07, 6.45) is 0. The molecule has 3 N–H and O–H groups in total. The lowest BCUT2D eigenvalue weighted by molar-refractivity contribution is 0.0921. The lowest BCUT2D eigenvalue weighted by atomic mass is 10.1. The third-order valence-electron chi connectivity index (χ3n) is 2.83. The van der Waals surface area contributed by atoms with E-state index in [1.165, 1.54) is 5.56 Å². The minimum Gasteiger partial charge on any atom is -0.454 e. The monoisotopic (exact) mass is 258 g/mol. The van der Waals surface area contributed by atoms with E-state index in [4.69, 9.17) is 10.2 Å². The third kappa shape index (κ3) is 3.45. The highest BCUT2D eigenvalue weighted by Crippen LogP contribution is 2.14. The van der Waals surface area contributed by atoms with Crippen molar-refractivity contribution >= 4 is 5.91 Å². The van der Waals surface area contributed by atoms with E-state index < -0.39 is 0 Å². The number of rotatable bonds is 4. The van der Waals surface area contributed by atoms with E-state index in [0.717, 1.165) is 5.56 Å². The van der Waals surface area contributed by atoms with Gasteiger partial charge in [0.05, 0.1) is 6.04 Å². The quantitative estimate of drug-likeness (QED) is 0.885. The zero-order valence-corrected chi connectivity index (χ0v) is 11.1. The smallest absolute Gasteiger partial charge is 0.287 e. The minimum absolute atomic E-state index is 0.210. The van der Waals surface area contributed by atoms with Crippen LogP contribution in [0.1, 0.15) is 40.4 Å². The maximum atomic E-state index is 11.9. The van der Waals surface area contributed by atoms with Crippen LogP contribution in [0.25, 0.3) is 0 Å². The number of aryl methyl sites for hydroxylation is 1. The molecular formula is C15H18N2O2. The summed E-state index contributed by atoms with van der Waals surface area (Å²) >= 11 is 0. The molecule has 2 aromatic rings. The molecule has 0 saturated carbocycles. The number of nitrogens with two attached hydrogens (primary N) is 1. The number of carbonyl (C=O) groups excluding carboxylic acids is 1. The molecule has 0 aliphatic carbocycles. The van der Waals surface area contributed by atoms with Crippen LogP contribution in [0.4, 0.5) is 0 Å². The van der Waals surface area contributed by atoms with Crippen LogP contribution in [0.2, 0.25) is 0 Å². The molecule has 2 rings (SSSR count). The first kappa shape index (κ1) is 13.4. The number of nitrogens with one attached hydrogen (secondary N) is 1. The van der Waals surface area contributed by atoms with Crippen LogP contribution < -0.4 is 11.1 Å². The van der Waals surface area contributed by atoms with Crippen molar-refractivity contribution in [3.63, 3.8) is 0 Å². The van der Waals surface area contributed by atoms with Crippen molar-refractivity contribution in [1.29, 1.82) is 0 Å². The van der Waals surface area contributed by atoms with E-state index in [1.807, 2.05) is 38.1 Å². The standard InChI is InChI=1S/C15H18N2O2/c1-10-4-3-5-12(8-10)9-17-15(18)14-7-6-13(19-14)11(2)16/h3-8,11H,9,16H2,1-2H3,(H,17,18). The Balaban J connectivity index is 1.97. The summed E-state index contributed by atoms with van der Waals surface area (Å²) in [4.78, 5) is 11.9. The van der Waals surface area contributed by atoms with Crippen molar-refractivity contribution in [3.8, 4) is 0 Å². The lowest BCUT2D eigenvalue weighted by Crippen LogP contribution is -2.22. The van der Waals surface area contributed by atoms with Gasteiger partial charge in [0.1, 0.15) is 5.76 Å². The number of hydrogen-bond acceptors (Lipinski definition) is 3. The van der Waals surface area contributed by atoms with Gasteiger partial charge >= 0.3 is 0 Å². The molecule has 1 amide bonds. The Bertz CT molecular complexity index is 573. The number of furan rings is 1. The van der Waals surface area contributed by atoms with Crippen molar-refractivity contribution in [2.75, 3.05) is 0 Å². The van der Waals surface area contributed by atoms with Crippen LogP contribution in [0, 0.1) is 6.92 Å². The molecule has 4 heteroatoms. The van der Waals surface area contributed by atoms with E-state index in [-0.39, 0.29) is 11.9 Å². The molecule has 0 radical (unpaired) electrons. The van der Waals surface area contributed by atoms with Gasteiger partial charge in [-0.2, -0.15) is 0 Å². The average Bonchev–Trinajstić information content (AvgIpc) is 2.86. The summed E-state index contributed by atoms with van der Waals surface area (Å²) in [6.45, 7) is 4.31. The van der Waals surface area contributed by atoms with Gasteiger partial charge in [0.25, 0.3) is 5.91 Å². The first-order valence-electron chi connectivity index (χ1n) is 6.25. The predicted octanol–water partition coefficient (Wildman–Crippen LogP) is 2.54. The van der Waals surface area contributed by atoms with Gasteiger partial charge in [-0.15, -0.1) is 0 Å². The summed E-state index contributed by atoms with van der Waals surface area (Å²) in [5.74, 6) is 0.675. The van der Waals surface area contributed by atoms with Crippen molar-refractivity contribution in [3.05, 3.63) is 59.0 Å². The Morgan fingerprint density at radius 2 is 2.16 bits per heavy atom. The largest absolute Gasteiger partial charge is 0.454 e. The molecule has 0 saturated heterocycles. The molecule has 1 aromatic heterocycles. The van der Waals surface area contributed by atoms with Crippen LogP contribution >= 0.6 is 0 Å². The van der Waals surface area contributed by atoms with Gasteiger partial charge in [-0.25, -0.2) is 0 Å². The molecule has 1 heterocycles. The summed E-state index contributed by atoms with van der Waals surface area (Å²) in [5.41, 5.74) is 7.92. The molecule has 100 valence electrons. The normalized spacial score (nSPS) is 12.2. The van der Waals surface area contributed by atoms with Gasteiger partial charge in [-0.05, 0) is 31.5 Å². The molecular weight excluding hydrogens is 240 g/mol. The zero-order chi connectivity index (χ0) is 13.8.